The van der Waals surface area contributed by atoms with E-state index in [1.54, 1.807) is 0 Å². The second-order valence-electron chi connectivity index (χ2n) is 0.610. The molecule has 0 rings (SSSR count). The van der Waals surface area contributed by atoms with Crippen LogP contribution < -0.4 is 18.9 Å². The zero-order chi connectivity index (χ0) is 5.15. The molecule has 0 atom stereocenters. The van der Waals surface area contributed by atoms with Crippen molar-refractivity contribution in [3.05, 3.63) is 0 Å². The van der Waals surface area contributed by atoms with E-state index < -0.39 is 11.9 Å². The first-order valence-corrected chi connectivity index (χ1v) is 1.11. The second kappa shape index (κ2) is 6.50. The van der Waals surface area contributed by atoms with Crippen molar-refractivity contribution in [3.8, 4) is 0 Å². The van der Waals surface area contributed by atoms with E-state index in [2.05, 4.69) is 0 Å². The molecule has 5 nitrogen and oxygen atoms in total. The fourth-order valence-corrected chi connectivity index (χ4v) is 0. The van der Waals surface area contributed by atoms with Crippen molar-refractivity contribution in [2.45, 2.75) is 0 Å². The van der Waals surface area contributed by atoms with Gasteiger partial charge in [-0.2, -0.15) is 0 Å². The second-order valence-corrected chi connectivity index (χ2v) is 0.610. The van der Waals surface area contributed by atoms with Crippen molar-refractivity contribution in [1.29, 1.82) is 0 Å². The molecular weight excluding hydrogens is 111 g/mol. The van der Waals surface area contributed by atoms with Gasteiger partial charge in [-0.15, -0.1) is 0 Å². The third-order valence-corrected chi connectivity index (χ3v) is 0.183. The Morgan fingerprint density at radius 2 is 1.25 bits per heavy atom. The Labute approximate surface area is 58.3 Å². The molecule has 0 saturated carbocycles. The van der Waals surface area contributed by atoms with Crippen LogP contribution in [0.3, 0.4) is 0 Å². The van der Waals surface area contributed by atoms with E-state index in [1.165, 1.54) is 0 Å². The topological polar surface area (TPSA) is 106 Å². The van der Waals surface area contributed by atoms with Crippen LogP contribution in [-0.2, 0) is 9.59 Å². The van der Waals surface area contributed by atoms with Gasteiger partial charge >= 0.3 is 30.8 Å². The van der Waals surface area contributed by atoms with E-state index in [4.69, 9.17) is 19.8 Å². The minimum Gasteiger partial charge on any atom is -1.00 e. The summed E-state index contributed by atoms with van der Waals surface area (Å²) in [4.78, 5) is 18.2. The molecule has 0 radical (unpaired) electrons. The number of hydrogen-bond donors (Lipinski definition) is 2. The number of carboxylic acids is 2. The first kappa shape index (κ1) is 15.6. The Hall–Kier alpha value is -0.503. The van der Waals surface area contributed by atoms with Crippen LogP contribution in [0.5, 0.6) is 0 Å². The summed E-state index contributed by atoms with van der Waals surface area (Å²) in [5.41, 5.74) is 0. The largest absolute Gasteiger partial charge is 1.00 e. The van der Waals surface area contributed by atoms with Gasteiger partial charge in [0.25, 0.3) is 0 Å². The molecule has 0 fully saturated rings. The van der Waals surface area contributed by atoms with Gasteiger partial charge in [0.2, 0.25) is 0 Å². The van der Waals surface area contributed by atoms with Crippen molar-refractivity contribution < 1.29 is 45.6 Å². The first-order chi connectivity index (χ1) is 2.64. The van der Waals surface area contributed by atoms with Crippen LogP contribution in [0, 0.1) is 0 Å². The van der Waals surface area contributed by atoms with Crippen LogP contribution >= 0.6 is 0 Å². The van der Waals surface area contributed by atoms with Crippen LogP contribution in [0.4, 0.5) is 0 Å². The Balaban J connectivity index is -0.0000000417. The van der Waals surface area contributed by atoms with Gasteiger partial charge in [-0.3, -0.25) is 0 Å². The molecule has 0 unspecified atom stereocenters. The normalized spacial score (nSPS) is 5.50. The third-order valence-electron chi connectivity index (χ3n) is 0.183. The molecular formula is C2H5LiO5. The Morgan fingerprint density at radius 1 is 1.12 bits per heavy atom. The van der Waals surface area contributed by atoms with E-state index in [1.807, 2.05) is 0 Å². The molecule has 0 heterocycles. The van der Waals surface area contributed by atoms with Gasteiger partial charge in [-0.05, 0) is 0 Å². The molecule has 0 aliphatic carbocycles. The van der Waals surface area contributed by atoms with Crippen molar-refractivity contribution in [1.82, 2.24) is 0 Å². The summed E-state index contributed by atoms with van der Waals surface area (Å²) < 4.78 is 0. The molecule has 0 aromatic carbocycles. The monoisotopic (exact) mass is 116 g/mol. The van der Waals surface area contributed by atoms with Crippen molar-refractivity contribution in [2.24, 2.45) is 0 Å². The summed E-state index contributed by atoms with van der Waals surface area (Å²) in [5, 5.41) is 14.8. The minimum absolute atomic E-state index is 0. The standard InChI is InChI=1S/C2H2O4.Li.H2O.H/c3-1(4)2(5)6;;;/h(H,3,4)(H,5,6);;1H2;/q;+1;;-1. The molecule has 0 aromatic rings. The number of carboxylic acid groups (broad SMARTS) is 2. The average Bonchev–Trinajstić information content (AvgIpc) is 1.36. The molecule has 44 valence electrons. The molecule has 6 heteroatoms. The predicted molar refractivity (Wildman–Crippen MR) is 20.0 cm³/mol. The molecule has 0 bridgehead atoms. The number of rotatable bonds is 0. The SMILES string of the molecule is O.O=C(O)C(=O)O.[H-].[Li+]. The van der Waals surface area contributed by atoms with Gasteiger partial charge in [-0.25, -0.2) is 9.59 Å². The molecule has 0 aliphatic rings. The third kappa shape index (κ3) is 9.09. The Kier molecular flexibility index (Phi) is 12.7. The smallest absolute Gasteiger partial charge is 1.00 e. The number of aliphatic carboxylic acids is 2. The molecule has 0 aliphatic heterocycles. The van der Waals surface area contributed by atoms with Crippen LogP contribution in [0.2, 0.25) is 0 Å². The fourth-order valence-electron chi connectivity index (χ4n) is 0. The number of carbonyl (C=O) groups is 2. The first-order valence-electron chi connectivity index (χ1n) is 1.11. The fraction of sp³-hybridized carbons (Fsp3) is 0. The molecule has 0 saturated heterocycles. The summed E-state index contributed by atoms with van der Waals surface area (Å²) in [5.74, 6) is -3.65. The quantitative estimate of drug-likeness (QED) is 0.245. The summed E-state index contributed by atoms with van der Waals surface area (Å²) >= 11 is 0. The predicted octanol–water partition coefficient (Wildman–Crippen LogP) is -4.55. The van der Waals surface area contributed by atoms with Gasteiger partial charge in [0, 0.05) is 0 Å². The molecule has 4 N–H and O–H groups in total. The molecule has 0 amide bonds. The van der Waals surface area contributed by atoms with E-state index in [0.29, 0.717) is 0 Å². The Bertz CT molecular complexity index is 81.0. The summed E-state index contributed by atoms with van der Waals surface area (Å²) in [6.45, 7) is 0. The van der Waals surface area contributed by atoms with Gasteiger partial charge < -0.3 is 17.1 Å². The van der Waals surface area contributed by atoms with Crippen LogP contribution in [0.25, 0.3) is 0 Å². The van der Waals surface area contributed by atoms with Gasteiger partial charge in [0.05, 0.1) is 0 Å². The van der Waals surface area contributed by atoms with Gasteiger partial charge in [-0.1, -0.05) is 0 Å². The van der Waals surface area contributed by atoms with E-state index >= 15 is 0 Å². The summed E-state index contributed by atoms with van der Waals surface area (Å²) in [7, 11) is 0. The summed E-state index contributed by atoms with van der Waals surface area (Å²) in [6, 6.07) is 0. The van der Waals surface area contributed by atoms with Crippen molar-refractivity contribution in [2.75, 3.05) is 0 Å². The van der Waals surface area contributed by atoms with Crippen LogP contribution in [0.1, 0.15) is 1.43 Å². The van der Waals surface area contributed by atoms with Crippen LogP contribution in [0.15, 0.2) is 0 Å². The molecule has 0 spiro atoms. The van der Waals surface area contributed by atoms with E-state index in [9.17, 15) is 0 Å². The molecule has 0 aromatic heterocycles. The maximum atomic E-state index is 9.10. The van der Waals surface area contributed by atoms with Crippen molar-refractivity contribution >= 4 is 11.9 Å². The minimum atomic E-state index is -1.82. The van der Waals surface area contributed by atoms with Gasteiger partial charge in [0.15, 0.2) is 0 Å². The van der Waals surface area contributed by atoms with Gasteiger partial charge in [0.1, 0.15) is 0 Å². The van der Waals surface area contributed by atoms with E-state index in [0.717, 1.165) is 0 Å². The van der Waals surface area contributed by atoms with Crippen LogP contribution in [-0.4, -0.2) is 27.6 Å². The zero-order valence-corrected chi connectivity index (χ0v) is 4.21. The zero-order valence-electron chi connectivity index (χ0n) is 5.21. The average molecular weight is 116 g/mol. The van der Waals surface area contributed by atoms with Crippen molar-refractivity contribution in [3.63, 3.8) is 0 Å². The maximum absolute atomic E-state index is 9.10. The number of hydrogen-bond acceptors (Lipinski definition) is 2. The summed E-state index contributed by atoms with van der Waals surface area (Å²) in [6.07, 6.45) is 0. The Morgan fingerprint density at radius 3 is 1.25 bits per heavy atom. The van der Waals surface area contributed by atoms with E-state index in [-0.39, 0.29) is 25.8 Å². The molecule has 8 heavy (non-hydrogen) atoms. The maximum Gasteiger partial charge on any atom is 1.00 e.